The van der Waals surface area contributed by atoms with Crippen molar-refractivity contribution in [2.75, 3.05) is 19.4 Å². The van der Waals surface area contributed by atoms with E-state index in [4.69, 9.17) is 11.6 Å². The number of nitrogens with one attached hydrogen (secondary N) is 1. The molecule has 1 N–H and O–H groups in total. The number of hydrogen-bond donors (Lipinski definition) is 1. The summed E-state index contributed by atoms with van der Waals surface area (Å²) >= 11 is 5.90. The van der Waals surface area contributed by atoms with Gasteiger partial charge in [-0.15, -0.1) is 0 Å². The van der Waals surface area contributed by atoms with Crippen LogP contribution in [0.3, 0.4) is 0 Å². The minimum atomic E-state index is -0.0517. The predicted octanol–water partition coefficient (Wildman–Crippen LogP) is 3.61. The quantitative estimate of drug-likeness (QED) is 0.938. The Balaban J connectivity index is 2.24. The van der Waals surface area contributed by atoms with Crippen molar-refractivity contribution in [2.45, 2.75) is 13.0 Å². The molecule has 1 aromatic carbocycles. The molecular weight excluding hydrogens is 286 g/mol. The second-order valence-electron chi connectivity index (χ2n) is 4.81. The maximum Gasteiger partial charge on any atom is 0.256 e. The number of carbonyl (C=O) groups excluding carboxylic acids is 1. The van der Waals surface area contributed by atoms with Gasteiger partial charge in [-0.1, -0.05) is 23.7 Å². The lowest BCUT2D eigenvalue weighted by molar-refractivity contribution is 0.0743. The highest BCUT2D eigenvalue weighted by Gasteiger charge is 2.21. The van der Waals surface area contributed by atoms with Crippen LogP contribution >= 0.6 is 11.6 Å². The fourth-order valence-electron chi connectivity index (χ4n) is 2.11. The van der Waals surface area contributed by atoms with E-state index in [1.54, 1.807) is 37.5 Å². The molecule has 0 saturated heterocycles. The third kappa shape index (κ3) is 3.34. The topological polar surface area (TPSA) is 45.2 Å². The van der Waals surface area contributed by atoms with Gasteiger partial charge in [0.15, 0.2) is 0 Å². The number of benzene rings is 1. The molecule has 2 rings (SSSR count). The van der Waals surface area contributed by atoms with E-state index in [-0.39, 0.29) is 11.9 Å². The van der Waals surface area contributed by atoms with Crippen molar-refractivity contribution >= 4 is 23.2 Å². The summed E-state index contributed by atoms with van der Waals surface area (Å²) in [6.07, 6.45) is 3.27. The summed E-state index contributed by atoms with van der Waals surface area (Å²) in [6.45, 7) is 1.99. The van der Waals surface area contributed by atoms with E-state index in [9.17, 15) is 4.79 Å². The van der Waals surface area contributed by atoms with Gasteiger partial charge in [-0.25, -0.2) is 0 Å². The predicted molar refractivity (Wildman–Crippen MR) is 85.7 cm³/mol. The Morgan fingerprint density at radius 2 is 1.95 bits per heavy atom. The van der Waals surface area contributed by atoms with Crippen molar-refractivity contribution in [2.24, 2.45) is 0 Å². The van der Waals surface area contributed by atoms with Crippen molar-refractivity contribution in [1.82, 2.24) is 9.88 Å². The zero-order valence-corrected chi connectivity index (χ0v) is 13.1. The third-order valence-corrected chi connectivity index (χ3v) is 3.83. The van der Waals surface area contributed by atoms with Gasteiger partial charge in [0.05, 0.1) is 23.5 Å². The molecule has 2 aromatic rings. The molecule has 1 unspecified atom stereocenters. The zero-order valence-electron chi connectivity index (χ0n) is 12.3. The molecule has 21 heavy (non-hydrogen) atoms. The molecule has 0 spiro atoms. The highest BCUT2D eigenvalue weighted by molar-refractivity contribution is 6.30. The number of aromatic nitrogens is 1. The van der Waals surface area contributed by atoms with E-state index < -0.39 is 0 Å². The number of halogens is 1. The van der Waals surface area contributed by atoms with E-state index in [2.05, 4.69) is 10.3 Å². The summed E-state index contributed by atoms with van der Waals surface area (Å²) in [7, 11) is 3.57. The summed E-state index contributed by atoms with van der Waals surface area (Å²) in [5, 5.41) is 3.68. The van der Waals surface area contributed by atoms with Gasteiger partial charge >= 0.3 is 0 Å². The fourth-order valence-corrected chi connectivity index (χ4v) is 2.24. The minimum Gasteiger partial charge on any atom is -0.386 e. The first kappa shape index (κ1) is 15.3. The molecular formula is C16H18ClN3O. The van der Waals surface area contributed by atoms with Crippen LogP contribution in [0, 0.1) is 0 Å². The fraction of sp³-hybridized carbons (Fsp3) is 0.250. The lowest BCUT2D eigenvalue weighted by Crippen LogP contribution is -2.30. The molecule has 1 heterocycles. The van der Waals surface area contributed by atoms with E-state index in [0.717, 1.165) is 11.3 Å². The average Bonchev–Trinajstić information content (AvgIpc) is 2.53. The smallest absolute Gasteiger partial charge is 0.256 e. The molecule has 110 valence electrons. The number of rotatable bonds is 4. The van der Waals surface area contributed by atoms with Crippen LogP contribution in [-0.2, 0) is 0 Å². The second-order valence-corrected chi connectivity index (χ2v) is 5.25. The Labute approximate surface area is 129 Å². The summed E-state index contributed by atoms with van der Waals surface area (Å²) in [5.41, 5.74) is 2.36. The zero-order chi connectivity index (χ0) is 15.4. The monoisotopic (exact) mass is 303 g/mol. The summed E-state index contributed by atoms with van der Waals surface area (Å²) in [5.74, 6) is -0.0517. The number of carbonyl (C=O) groups is 1. The Kier molecular flexibility index (Phi) is 4.81. The van der Waals surface area contributed by atoms with E-state index in [0.29, 0.717) is 10.6 Å². The van der Waals surface area contributed by atoms with Crippen LogP contribution in [-0.4, -0.2) is 29.9 Å². The van der Waals surface area contributed by atoms with Crippen LogP contribution in [0.4, 0.5) is 5.69 Å². The highest BCUT2D eigenvalue weighted by atomic mass is 35.5. The lowest BCUT2D eigenvalue weighted by Gasteiger charge is -2.26. The van der Waals surface area contributed by atoms with Crippen LogP contribution in [0.15, 0.2) is 42.7 Å². The number of anilines is 1. The van der Waals surface area contributed by atoms with Crippen LogP contribution in [0.5, 0.6) is 0 Å². The molecule has 4 nitrogen and oxygen atoms in total. The number of nitrogens with zero attached hydrogens (tertiary/aromatic N) is 2. The standard InChI is InChI=1S/C16H18ClN3O/c1-11(12-4-6-13(17)7-5-12)20(3)16(21)14-8-9-19-10-15(14)18-2/h4-11,18H,1-3H3. The van der Waals surface area contributed by atoms with Crippen LogP contribution in [0.25, 0.3) is 0 Å². The molecule has 1 aromatic heterocycles. The molecule has 1 amide bonds. The maximum atomic E-state index is 12.6. The summed E-state index contributed by atoms with van der Waals surface area (Å²) in [4.78, 5) is 18.4. The van der Waals surface area contributed by atoms with Gasteiger partial charge in [0.1, 0.15) is 0 Å². The Morgan fingerprint density at radius 3 is 2.57 bits per heavy atom. The number of hydrogen-bond acceptors (Lipinski definition) is 3. The van der Waals surface area contributed by atoms with Gasteiger partial charge in [-0.05, 0) is 30.7 Å². The molecule has 0 bridgehead atoms. The first-order valence-electron chi connectivity index (χ1n) is 6.69. The third-order valence-electron chi connectivity index (χ3n) is 3.57. The largest absolute Gasteiger partial charge is 0.386 e. The second kappa shape index (κ2) is 6.59. The van der Waals surface area contributed by atoms with Gasteiger partial charge in [0.2, 0.25) is 0 Å². The summed E-state index contributed by atoms with van der Waals surface area (Å²) < 4.78 is 0. The van der Waals surface area contributed by atoms with Gasteiger partial charge in [-0.2, -0.15) is 0 Å². The van der Waals surface area contributed by atoms with Crippen LogP contribution < -0.4 is 5.32 Å². The van der Waals surface area contributed by atoms with Crippen LogP contribution in [0.2, 0.25) is 5.02 Å². The molecule has 1 atom stereocenters. The molecule has 0 saturated carbocycles. The van der Waals surface area contributed by atoms with E-state index >= 15 is 0 Å². The SMILES string of the molecule is CNc1cnccc1C(=O)N(C)C(C)c1ccc(Cl)cc1. The summed E-state index contributed by atoms with van der Waals surface area (Å²) in [6, 6.07) is 9.20. The molecule has 0 aliphatic heterocycles. The number of pyridine rings is 1. The Bertz CT molecular complexity index is 628. The number of amides is 1. The van der Waals surface area contributed by atoms with Crippen molar-refractivity contribution < 1.29 is 4.79 Å². The van der Waals surface area contributed by atoms with E-state index in [1.165, 1.54) is 0 Å². The molecule has 0 fully saturated rings. The Morgan fingerprint density at radius 1 is 1.29 bits per heavy atom. The van der Waals surface area contributed by atoms with Crippen molar-refractivity contribution in [3.8, 4) is 0 Å². The Hall–Kier alpha value is -2.07. The average molecular weight is 304 g/mol. The molecule has 5 heteroatoms. The first-order chi connectivity index (χ1) is 10.0. The van der Waals surface area contributed by atoms with Crippen LogP contribution in [0.1, 0.15) is 28.9 Å². The highest BCUT2D eigenvalue weighted by Crippen LogP contribution is 2.24. The van der Waals surface area contributed by atoms with Crippen molar-refractivity contribution in [3.63, 3.8) is 0 Å². The minimum absolute atomic E-state index is 0.0485. The molecule has 0 aliphatic carbocycles. The van der Waals surface area contributed by atoms with Crippen molar-refractivity contribution in [1.29, 1.82) is 0 Å². The van der Waals surface area contributed by atoms with E-state index in [1.807, 2.05) is 31.2 Å². The normalized spacial score (nSPS) is 11.8. The van der Waals surface area contributed by atoms with Gasteiger partial charge in [0, 0.05) is 25.3 Å². The maximum absolute atomic E-state index is 12.6. The lowest BCUT2D eigenvalue weighted by atomic mass is 10.1. The van der Waals surface area contributed by atoms with Gasteiger partial charge in [-0.3, -0.25) is 9.78 Å². The van der Waals surface area contributed by atoms with Gasteiger partial charge < -0.3 is 10.2 Å². The van der Waals surface area contributed by atoms with Gasteiger partial charge in [0.25, 0.3) is 5.91 Å². The first-order valence-corrected chi connectivity index (χ1v) is 7.06. The van der Waals surface area contributed by atoms with Crippen molar-refractivity contribution in [3.05, 3.63) is 58.9 Å². The molecule has 0 aliphatic rings. The molecule has 0 radical (unpaired) electrons.